The number of aliphatic hydroxyl groups is 1. The molecule has 1 fully saturated rings. The Bertz CT molecular complexity index is 216. The van der Waals surface area contributed by atoms with Crippen molar-refractivity contribution in [2.75, 3.05) is 13.1 Å². The van der Waals surface area contributed by atoms with Crippen LogP contribution in [-0.2, 0) is 4.79 Å². The lowest BCUT2D eigenvalue weighted by Crippen LogP contribution is -2.60. The highest BCUT2D eigenvalue weighted by Gasteiger charge is 2.46. The van der Waals surface area contributed by atoms with E-state index in [0.717, 1.165) is 13.0 Å². The van der Waals surface area contributed by atoms with Crippen molar-refractivity contribution in [2.24, 2.45) is 5.41 Å². The summed E-state index contributed by atoms with van der Waals surface area (Å²) in [5.41, 5.74) is -0.0315. The van der Waals surface area contributed by atoms with Gasteiger partial charge in [-0.3, -0.25) is 4.79 Å². The van der Waals surface area contributed by atoms with Crippen LogP contribution >= 0.6 is 0 Å². The van der Waals surface area contributed by atoms with Crippen molar-refractivity contribution in [3.63, 3.8) is 0 Å². The number of hydrogen-bond acceptors (Lipinski definition) is 3. The highest BCUT2D eigenvalue weighted by atomic mass is 16.3. The van der Waals surface area contributed by atoms with Gasteiger partial charge in [-0.05, 0) is 6.42 Å². The van der Waals surface area contributed by atoms with E-state index in [1.54, 1.807) is 0 Å². The number of hydrogen-bond donors (Lipinski definition) is 3. The maximum absolute atomic E-state index is 10.6. The highest BCUT2D eigenvalue weighted by Crippen LogP contribution is 2.40. The molecule has 0 aromatic carbocycles. The number of amides is 1. The molecule has 0 saturated heterocycles. The number of carbonyl (C=O) groups excluding carboxylic acids is 1. The highest BCUT2D eigenvalue weighted by molar-refractivity contribution is 5.72. The molecule has 2 unspecified atom stereocenters. The maximum Gasteiger partial charge on any atom is 0.216 e. The molecule has 0 aliphatic heterocycles. The molecule has 82 valence electrons. The Kier molecular flexibility index (Phi) is 3.50. The van der Waals surface area contributed by atoms with Gasteiger partial charge in [-0.15, -0.1) is 0 Å². The summed E-state index contributed by atoms with van der Waals surface area (Å²) in [6.07, 6.45) is 0.619. The Morgan fingerprint density at radius 2 is 2.14 bits per heavy atom. The lowest BCUT2D eigenvalue weighted by atomic mass is 9.64. The standard InChI is InChI=1S/C10H20N2O2/c1-7(13)11-4-5-12-8-6-9(14)10(8,2)3/h8-9,12,14H,4-6H2,1-3H3,(H,11,13). The van der Waals surface area contributed by atoms with Crippen molar-refractivity contribution in [3.8, 4) is 0 Å². The molecular weight excluding hydrogens is 180 g/mol. The molecule has 1 aliphatic carbocycles. The van der Waals surface area contributed by atoms with Crippen LogP contribution in [0.5, 0.6) is 0 Å². The van der Waals surface area contributed by atoms with Crippen molar-refractivity contribution >= 4 is 5.91 Å². The summed E-state index contributed by atoms with van der Waals surface area (Å²) in [6.45, 7) is 7.03. The van der Waals surface area contributed by atoms with Gasteiger partial charge in [-0.1, -0.05) is 13.8 Å². The maximum atomic E-state index is 10.6. The fraction of sp³-hybridized carbons (Fsp3) is 0.900. The molecule has 2 atom stereocenters. The van der Waals surface area contributed by atoms with E-state index in [-0.39, 0.29) is 17.4 Å². The lowest BCUT2D eigenvalue weighted by molar-refractivity contribution is -0.119. The van der Waals surface area contributed by atoms with Crippen molar-refractivity contribution in [1.29, 1.82) is 0 Å². The largest absolute Gasteiger partial charge is 0.392 e. The van der Waals surface area contributed by atoms with Gasteiger partial charge < -0.3 is 15.7 Å². The average Bonchev–Trinajstić information content (AvgIpc) is 2.10. The van der Waals surface area contributed by atoms with Gasteiger partial charge in [0.1, 0.15) is 0 Å². The first kappa shape index (κ1) is 11.5. The summed E-state index contributed by atoms with van der Waals surface area (Å²) in [6, 6.07) is 0.367. The van der Waals surface area contributed by atoms with E-state index in [1.165, 1.54) is 6.92 Å². The minimum Gasteiger partial charge on any atom is -0.392 e. The van der Waals surface area contributed by atoms with E-state index in [9.17, 15) is 9.90 Å². The molecular formula is C10H20N2O2. The first-order valence-corrected chi connectivity index (χ1v) is 5.10. The zero-order valence-corrected chi connectivity index (χ0v) is 9.13. The van der Waals surface area contributed by atoms with E-state index in [0.29, 0.717) is 12.6 Å². The minimum atomic E-state index is -0.194. The molecule has 1 amide bonds. The van der Waals surface area contributed by atoms with Crippen LogP contribution in [0.25, 0.3) is 0 Å². The summed E-state index contributed by atoms with van der Waals surface area (Å²) in [5.74, 6) is -0.000274. The number of aliphatic hydroxyl groups excluding tert-OH is 1. The predicted octanol–water partition coefficient (Wildman–Crippen LogP) is -0.128. The molecule has 3 N–H and O–H groups in total. The Balaban J connectivity index is 2.12. The summed E-state index contributed by atoms with van der Waals surface area (Å²) >= 11 is 0. The van der Waals surface area contributed by atoms with E-state index >= 15 is 0 Å². The van der Waals surface area contributed by atoms with Gasteiger partial charge in [0.2, 0.25) is 5.91 Å². The van der Waals surface area contributed by atoms with Gasteiger partial charge in [0, 0.05) is 31.5 Å². The summed E-state index contributed by atoms with van der Waals surface area (Å²) < 4.78 is 0. The molecule has 4 heteroatoms. The first-order chi connectivity index (χ1) is 6.44. The van der Waals surface area contributed by atoms with Crippen LogP contribution in [0.1, 0.15) is 27.2 Å². The van der Waals surface area contributed by atoms with Gasteiger partial charge in [-0.2, -0.15) is 0 Å². The van der Waals surface area contributed by atoms with Crippen LogP contribution in [0.3, 0.4) is 0 Å². The van der Waals surface area contributed by atoms with E-state index in [1.807, 2.05) is 0 Å². The molecule has 0 heterocycles. The van der Waals surface area contributed by atoms with Gasteiger partial charge >= 0.3 is 0 Å². The van der Waals surface area contributed by atoms with Crippen LogP contribution < -0.4 is 10.6 Å². The smallest absolute Gasteiger partial charge is 0.216 e. The Morgan fingerprint density at radius 3 is 2.57 bits per heavy atom. The molecule has 0 aromatic heterocycles. The molecule has 0 radical (unpaired) electrons. The minimum absolute atomic E-state index is 0.000274. The molecule has 1 aliphatic rings. The Labute approximate surface area is 85.1 Å². The molecule has 1 rings (SSSR count). The molecule has 1 saturated carbocycles. The van der Waals surface area contributed by atoms with Crippen LogP contribution in [0.2, 0.25) is 0 Å². The SMILES string of the molecule is CC(=O)NCCNC1CC(O)C1(C)C. The quantitative estimate of drug-likeness (QED) is 0.554. The fourth-order valence-corrected chi connectivity index (χ4v) is 1.73. The van der Waals surface area contributed by atoms with Crippen LogP contribution in [0, 0.1) is 5.41 Å². The van der Waals surface area contributed by atoms with Gasteiger partial charge in [0.15, 0.2) is 0 Å². The Hall–Kier alpha value is -0.610. The fourth-order valence-electron chi connectivity index (χ4n) is 1.73. The second-order valence-electron chi connectivity index (χ2n) is 4.56. The second-order valence-corrected chi connectivity index (χ2v) is 4.56. The van der Waals surface area contributed by atoms with Crippen molar-refractivity contribution < 1.29 is 9.90 Å². The third-order valence-electron chi connectivity index (χ3n) is 3.11. The molecule has 0 bridgehead atoms. The van der Waals surface area contributed by atoms with Crippen LogP contribution in [0.15, 0.2) is 0 Å². The Morgan fingerprint density at radius 1 is 1.50 bits per heavy atom. The van der Waals surface area contributed by atoms with Crippen molar-refractivity contribution in [1.82, 2.24) is 10.6 Å². The zero-order valence-electron chi connectivity index (χ0n) is 9.13. The van der Waals surface area contributed by atoms with Crippen LogP contribution in [0.4, 0.5) is 0 Å². The molecule has 0 spiro atoms. The number of carbonyl (C=O) groups is 1. The topological polar surface area (TPSA) is 61.4 Å². The van der Waals surface area contributed by atoms with Gasteiger partial charge in [0.05, 0.1) is 6.10 Å². The second kappa shape index (κ2) is 4.28. The summed E-state index contributed by atoms with van der Waals surface area (Å²) in [4.78, 5) is 10.6. The first-order valence-electron chi connectivity index (χ1n) is 5.10. The monoisotopic (exact) mass is 200 g/mol. The third-order valence-corrected chi connectivity index (χ3v) is 3.11. The molecule has 14 heavy (non-hydrogen) atoms. The van der Waals surface area contributed by atoms with Crippen molar-refractivity contribution in [2.45, 2.75) is 39.3 Å². The average molecular weight is 200 g/mol. The number of rotatable bonds is 4. The summed E-state index contributed by atoms with van der Waals surface area (Å²) in [5, 5.41) is 15.5. The molecule has 0 aromatic rings. The lowest BCUT2D eigenvalue weighted by Gasteiger charge is -2.49. The normalized spacial score (nSPS) is 29.4. The molecule has 4 nitrogen and oxygen atoms in total. The van der Waals surface area contributed by atoms with E-state index in [2.05, 4.69) is 24.5 Å². The van der Waals surface area contributed by atoms with Crippen molar-refractivity contribution in [3.05, 3.63) is 0 Å². The zero-order chi connectivity index (χ0) is 10.8. The van der Waals surface area contributed by atoms with Gasteiger partial charge in [-0.25, -0.2) is 0 Å². The van der Waals surface area contributed by atoms with Gasteiger partial charge in [0.25, 0.3) is 0 Å². The summed E-state index contributed by atoms with van der Waals surface area (Å²) in [7, 11) is 0. The third kappa shape index (κ3) is 2.45. The van der Waals surface area contributed by atoms with E-state index in [4.69, 9.17) is 0 Å². The number of nitrogens with one attached hydrogen (secondary N) is 2. The van der Waals surface area contributed by atoms with E-state index < -0.39 is 0 Å². The van der Waals surface area contributed by atoms with Crippen LogP contribution in [-0.4, -0.2) is 36.2 Å². The predicted molar refractivity (Wildman–Crippen MR) is 54.9 cm³/mol.